The minimum atomic E-state index is -3.60. The number of thiazole rings is 1. The molecule has 2 aromatic carbocycles. The number of carbonyl (C=O) groups excluding carboxylic acids is 1. The highest BCUT2D eigenvalue weighted by Gasteiger charge is 2.30. The van der Waals surface area contributed by atoms with Gasteiger partial charge in [0.05, 0.1) is 21.7 Å². The van der Waals surface area contributed by atoms with Gasteiger partial charge in [-0.1, -0.05) is 41.7 Å². The number of fused-ring (bicyclic) bond motifs is 1. The third-order valence-electron chi connectivity index (χ3n) is 5.71. The minimum absolute atomic E-state index is 0.0318. The molecule has 0 saturated heterocycles. The largest absolute Gasteiger partial charge is 0.305 e. The molecule has 3 aromatic rings. The molecule has 1 aliphatic rings. The molecule has 1 heterocycles. The Bertz CT molecular complexity index is 1380. The summed E-state index contributed by atoms with van der Waals surface area (Å²) in [4.78, 5) is 17.7. The average molecular weight is 488 g/mol. The number of rotatable bonds is 5. The topological polar surface area (TPSA) is 71.7 Å². The van der Waals surface area contributed by atoms with Crippen molar-refractivity contribution in [2.75, 3.05) is 7.05 Å². The van der Waals surface area contributed by atoms with Crippen LogP contribution >= 0.6 is 22.9 Å². The summed E-state index contributed by atoms with van der Waals surface area (Å²) < 4.78 is 29.9. The van der Waals surface area contributed by atoms with Gasteiger partial charge in [0.25, 0.3) is 5.91 Å². The number of carbonyl (C=O) groups is 1. The summed E-state index contributed by atoms with van der Waals surface area (Å²) in [7, 11) is -1.98. The molecule has 32 heavy (non-hydrogen) atoms. The number of benzene rings is 2. The van der Waals surface area contributed by atoms with Crippen LogP contribution in [-0.2, 0) is 16.6 Å². The molecular formula is C23H22ClN3O3S2. The summed E-state index contributed by atoms with van der Waals surface area (Å²) in [5.74, 6) is 2.11. The van der Waals surface area contributed by atoms with Gasteiger partial charge in [-0.05, 0) is 55.3 Å². The molecule has 1 fully saturated rings. The van der Waals surface area contributed by atoms with Crippen molar-refractivity contribution in [1.82, 2.24) is 8.87 Å². The number of hydrogen-bond acceptors (Lipinski definition) is 4. The van der Waals surface area contributed by atoms with E-state index in [-0.39, 0.29) is 17.5 Å². The second kappa shape index (κ2) is 9.20. The lowest BCUT2D eigenvalue weighted by Gasteiger charge is -2.23. The smallest absolute Gasteiger partial charge is 0.279 e. The molecule has 1 saturated carbocycles. The van der Waals surface area contributed by atoms with Crippen molar-refractivity contribution in [3.8, 4) is 12.3 Å². The van der Waals surface area contributed by atoms with E-state index >= 15 is 0 Å². The molecule has 0 aliphatic heterocycles. The average Bonchev–Trinajstić information content (AvgIpc) is 3.42. The van der Waals surface area contributed by atoms with E-state index in [1.165, 1.54) is 39.9 Å². The van der Waals surface area contributed by atoms with Gasteiger partial charge in [-0.15, -0.1) is 6.42 Å². The zero-order valence-corrected chi connectivity index (χ0v) is 19.9. The molecule has 0 N–H and O–H groups in total. The Morgan fingerprint density at radius 3 is 2.59 bits per heavy atom. The molecule has 0 radical (unpaired) electrons. The Labute approximate surface area is 196 Å². The Hall–Kier alpha value is -2.44. The first kappa shape index (κ1) is 22.7. The Balaban J connectivity index is 1.64. The standard InChI is InChI=1S/C23H22ClN3O3S2/c1-3-14-27-20-13-10-17(24)15-21(20)31-23(27)25-22(28)16-8-11-19(12-9-16)32(29,30)26(2)18-6-4-5-7-18/h1,8-13,15,18H,4-7,14H2,2H3. The molecule has 166 valence electrons. The van der Waals surface area contributed by atoms with E-state index in [0.29, 0.717) is 15.4 Å². The van der Waals surface area contributed by atoms with Crippen molar-refractivity contribution in [2.24, 2.45) is 4.99 Å². The predicted molar refractivity (Wildman–Crippen MR) is 127 cm³/mol. The fourth-order valence-corrected chi connectivity index (χ4v) is 6.65. The molecule has 0 spiro atoms. The van der Waals surface area contributed by atoms with Crippen molar-refractivity contribution in [3.63, 3.8) is 0 Å². The minimum Gasteiger partial charge on any atom is -0.305 e. The number of hydrogen-bond donors (Lipinski definition) is 0. The summed E-state index contributed by atoms with van der Waals surface area (Å²) in [5.41, 5.74) is 1.15. The third-order valence-corrected chi connectivity index (χ3v) is 8.91. The summed E-state index contributed by atoms with van der Waals surface area (Å²) >= 11 is 7.40. The van der Waals surface area contributed by atoms with E-state index in [9.17, 15) is 13.2 Å². The van der Waals surface area contributed by atoms with Gasteiger partial charge in [-0.25, -0.2) is 8.42 Å². The molecule has 0 unspecified atom stereocenters. The van der Waals surface area contributed by atoms with Crippen LogP contribution < -0.4 is 4.80 Å². The second-order valence-electron chi connectivity index (χ2n) is 7.69. The maximum absolute atomic E-state index is 12.9. The van der Waals surface area contributed by atoms with Crippen LogP contribution in [0.1, 0.15) is 36.0 Å². The summed E-state index contributed by atoms with van der Waals surface area (Å²) in [6, 6.07) is 11.4. The highest BCUT2D eigenvalue weighted by molar-refractivity contribution is 7.89. The number of terminal acetylenes is 1. The lowest BCUT2D eigenvalue weighted by Crippen LogP contribution is -2.35. The zero-order valence-electron chi connectivity index (χ0n) is 17.5. The highest BCUT2D eigenvalue weighted by Crippen LogP contribution is 2.27. The molecule has 9 heteroatoms. The van der Waals surface area contributed by atoms with Crippen LogP contribution in [0.5, 0.6) is 0 Å². The summed E-state index contributed by atoms with van der Waals surface area (Å²) in [6.45, 7) is 0.262. The van der Waals surface area contributed by atoms with E-state index in [2.05, 4.69) is 10.9 Å². The van der Waals surface area contributed by atoms with Gasteiger partial charge in [-0.2, -0.15) is 9.30 Å². The van der Waals surface area contributed by atoms with Crippen molar-refractivity contribution >= 4 is 49.1 Å². The number of sulfonamides is 1. The van der Waals surface area contributed by atoms with Crippen LogP contribution in [0, 0.1) is 12.3 Å². The predicted octanol–water partition coefficient (Wildman–Crippen LogP) is 4.29. The molecule has 0 bridgehead atoms. The van der Waals surface area contributed by atoms with Crippen molar-refractivity contribution < 1.29 is 13.2 Å². The SMILES string of the molecule is C#CCn1c(=NC(=O)c2ccc(S(=O)(=O)N(C)C3CCCC3)cc2)sc2cc(Cl)ccc21. The maximum Gasteiger partial charge on any atom is 0.279 e. The van der Waals surface area contributed by atoms with Crippen LogP contribution in [0.15, 0.2) is 52.4 Å². The van der Waals surface area contributed by atoms with Crippen LogP contribution in [0.2, 0.25) is 5.02 Å². The molecule has 1 aliphatic carbocycles. The van der Waals surface area contributed by atoms with Gasteiger partial charge in [0.15, 0.2) is 4.80 Å². The van der Waals surface area contributed by atoms with E-state index in [4.69, 9.17) is 18.0 Å². The fraction of sp³-hybridized carbons (Fsp3) is 0.304. The van der Waals surface area contributed by atoms with E-state index in [1.807, 2.05) is 6.07 Å². The molecule has 1 aromatic heterocycles. The van der Waals surface area contributed by atoms with Crippen LogP contribution in [0.3, 0.4) is 0 Å². The van der Waals surface area contributed by atoms with E-state index < -0.39 is 15.9 Å². The second-order valence-corrected chi connectivity index (χ2v) is 11.1. The van der Waals surface area contributed by atoms with E-state index in [0.717, 1.165) is 35.9 Å². The van der Waals surface area contributed by atoms with Crippen LogP contribution in [0.25, 0.3) is 10.2 Å². The summed E-state index contributed by atoms with van der Waals surface area (Å²) in [6.07, 6.45) is 9.34. The first-order valence-electron chi connectivity index (χ1n) is 10.2. The number of amides is 1. The number of halogens is 1. The normalized spacial score (nSPS) is 15.5. The van der Waals surface area contributed by atoms with Crippen molar-refractivity contribution in [1.29, 1.82) is 0 Å². The molecular weight excluding hydrogens is 466 g/mol. The number of nitrogens with zero attached hydrogens (tertiary/aromatic N) is 3. The molecule has 0 atom stereocenters. The van der Waals surface area contributed by atoms with Gasteiger partial charge in [0, 0.05) is 23.7 Å². The Morgan fingerprint density at radius 2 is 1.94 bits per heavy atom. The zero-order chi connectivity index (χ0) is 22.9. The highest BCUT2D eigenvalue weighted by atomic mass is 35.5. The third kappa shape index (κ3) is 4.39. The lowest BCUT2D eigenvalue weighted by atomic mass is 10.2. The quantitative estimate of drug-likeness (QED) is 0.504. The lowest BCUT2D eigenvalue weighted by molar-refractivity contribution is 0.0998. The van der Waals surface area contributed by atoms with E-state index in [1.54, 1.807) is 23.7 Å². The van der Waals surface area contributed by atoms with Gasteiger partial charge in [-0.3, -0.25) is 4.79 Å². The van der Waals surface area contributed by atoms with Gasteiger partial charge < -0.3 is 4.57 Å². The van der Waals surface area contributed by atoms with Crippen molar-refractivity contribution in [2.45, 2.75) is 43.2 Å². The molecule has 4 rings (SSSR count). The Kier molecular flexibility index (Phi) is 6.54. The first-order valence-corrected chi connectivity index (χ1v) is 12.8. The molecule has 6 nitrogen and oxygen atoms in total. The van der Waals surface area contributed by atoms with Crippen LogP contribution in [-0.4, -0.2) is 36.3 Å². The van der Waals surface area contributed by atoms with Gasteiger partial charge in [0.1, 0.15) is 0 Å². The van der Waals surface area contributed by atoms with Gasteiger partial charge in [0.2, 0.25) is 10.0 Å². The van der Waals surface area contributed by atoms with Crippen LogP contribution in [0.4, 0.5) is 0 Å². The number of aromatic nitrogens is 1. The Morgan fingerprint density at radius 1 is 1.25 bits per heavy atom. The molecule has 1 amide bonds. The monoisotopic (exact) mass is 487 g/mol. The fourth-order valence-electron chi connectivity index (χ4n) is 3.93. The first-order chi connectivity index (χ1) is 15.3. The maximum atomic E-state index is 12.9. The van der Waals surface area contributed by atoms with Gasteiger partial charge >= 0.3 is 0 Å². The summed E-state index contributed by atoms with van der Waals surface area (Å²) in [5, 5.41) is 0.587. The van der Waals surface area contributed by atoms with Crippen molar-refractivity contribution in [3.05, 3.63) is 57.9 Å².